The van der Waals surface area contributed by atoms with Gasteiger partial charge in [0.25, 0.3) is 0 Å². The number of hydrogen-bond acceptors (Lipinski definition) is 2. The van der Waals surface area contributed by atoms with Crippen molar-refractivity contribution >= 4 is 60.8 Å². The second-order valence-corrected chi connectivity index (χ2v) is 17.7. The maximum atomic E-state index is 6.42. The van der Waals surface area contributed by atoms with Gasteiger partial charge in [0.15, 0.2) is 0 Å². The average Bonchev–Trinajstić information content (AvgIpc) is 3.98. The Morgan fingerprint density at radius 3 is 1.29 bits per heavy atom. The molecule has 0 aliphatic heterocycles. The summed E-state index contributed by atoms with van der Waals surface area (Å²) in [6.45, 7) is 0. The first-order valence-corrected chi connectivity index (χ1v) is 23.6. The second kappa shape index (κ2) is 16.9. The summed E-state index contributed by atoms with van der Waals surface area (Å²) in [5, 5.41) is 4.80. The number of aromatic nitrogens is 1. The Morgan fingerprint density at radius 2 is 0.681 bits per heavy atom. The Balaban J connectivity index is 0.829. The molecule has 0 N–H and O–H groups in total. The largest absolute Gasteiger partial charge is 0.455 e. The number of fused-ring (bicyclic) bond motifs is 6. The third-order valence-electron chi connectivity index (χ3n) is 13.6. The summed E-state index contributed by atoms with van der Waals surface area (Å²) in [4.78, 5) is 2.35. The van der Waals surface area contributed by atoms with Gasteiger partial charge in [-0.3, -0.25) is 0 Å². The number of nitrogens with zero attached hydrogens (tertiary/aromatic N) is 2. The van der Waals surface area contributed by atoms with Gasteiger partial charge in [0.2, 0.25) is 0 Å². The fourth-order valence-corrected chi connectivity index (χ4v) is 10.2. The molecular formula is C66H44N2O. The minimum absolute atomic E-state index is 0.908. The molecule has 2 aromatic heterocycles. The van der Waals surface area contributed by atoms with Crippen LogP contribution in [0.4, 0.5) is 17.1 Å². The molecule has 0 saturated heterocycles. The third kappa shape index (κ3) is 7.25. The molecule has 0 atom stereocenters. The summed E-state index contributed by atoms with van der Waals surface area (Å²) in [5.41, 5.74) is 20.2. The number of rotatable bonds is 9. The topological polar surface area (TPSA) is 21.3 Å². The van der Waals surface area contributed by atoms with Crippen LogP contribution in [-0.4, -0.2) is 4.57 Å². The summed E-state index contributed by atoms with van der Waals surface area (Å²) >= 11 is 0. The first-order chi connectivity index (χ1) is 34.2. The standard InChI is InChI=1S/C66H44N2O/c1-2-14-45(15-3-1)46-30-36-54(37-31-46)67(56-40-34-48(35-41-56)52-19-12-21-57(44-52)68-63-27-7-4-22-59(63)60-23-5-8-28-64(60)68)55-38-32-47(33-39-55)49-16-10-17-50(42-49)51-18-11-20-53(43-51)58-25-13-26-62-61-24-6-9-29-65(61)69-66(58)62/h1-44H. The average molecular weight is 881 g/mol. The molecule has 0 fully saturated rings. The van der Waals surface area contributed by atoms with Crippen molar-refractivity contribution in [3.05, 3.63) is 267 Å². The lowest BCUT2D eigenvalue weighted by molar-refractivity contribution is 0.670. The van der Waals surface area contributed by atoms with Gasteiger partial charge in [-0.05, 0) is 129 Å². The lowest BCUT2D eigenvalue weighted by atomic mass is 9.95. The van der Waals surface area contributed by atoms with Crippen molar-refractivity contribution in [1.82, 2.24) is 4.57 Å². The van der Waals surface area contributed by atoms with E-state index in [1.54, 1.807) is 0 Å². The number of hydrogen-bond donors (Lipinski definition) is 0. The number of anilines is 3. The lowest BCUT2D eigenvalue weighted by Gasteiger charge is -2.26. The zero-order chi connectivity index (χ0) is 45.7. The van der Waals surface area contributed by atoms with Gasteiger partial charge >= 0.3 is 0 Å². The van der Waals surface area contributed by atoms with Crippen LogP contribution < -0.4 is 4.90 Å². The van der Waals surface area contributed by atoms with E-state index in [-0.39, 0.29) is 0 Å². The second-order valence-electron chi connectivity index (χ2n) is 17.7. The van der Waals surface area contributed by atoms with Gasteiger partial charge in [0.1, 0.15) is 11.2 Å². The minimum Gasteiger partial charge on any atom is -0.455 e. The quantitative estimate of drug-likeness (QED) is 0.144. The molecular weight excluding hydrogens is 837 g/mol. The summed E-state index contributed by atoms with van der Waals surface area (Å²) in [5.74, 6) is 0. The lowest BCUT2D eigenvalue weighted by Crippen LogP contribution is -2.09. The first-order valence-electron chi connectivity index (χ1n) is 23.6. The van der Waals surface area contributed by atoms with Crippen molar-refractivity contribution < 1.29 is 4.42 Å². The van der Waals surface area contributed by atoms with Crippen molar-refractivity contribution in [2.45, 2.75) is 0 Å². The number of furan rings is 1. The van der Waals surface area contributed by atoms with Gasteiger partial charge in [0, 0.05) is 49.9 Å². The smallest absolute Gasteiger partial charge is 0.143 e. The number of para-hydroxylation sites is 4. The highest BCUT2D eigenvalue weighted by Gasteiger charge is 2.17. The van der Waals surface area contributed by atoms with Gasteiger partial charge in [-0.2, -0.15) is 0 Å². The van der Waals surface area contributed by atoms with E-state index in [0.717, 1.165) is 83.6 Å². The molecule has 13 rings (SSSR count). The van der Waals surface area contributed by atoms with Gasteiger partial charge in [0.05, 0.1) is 11.0 Å². The Kier molecular flexibility index (Phi) is 9.84. The van der Waals surface area contributed by atoms with E-state index in [0.29, 0.717) is 0 Å². The molecule has 0 unspecified atom stereocenters. The highest BCUT2D eigenvalue weighted by molar-refractivity contribution is 6.10. The normalized spacial score (nSPS) is 11.5. The van der Waals surface area contributed by atoms with E-state index >= 15 is 0 Å². The van der Waals surface area contributed by atoms with Crippen LogP contribution in [0.2, 0.25) is 0 Å². The van der Waals surface area contributed by atoms with Crippen LogP contribution in [0.5, 0.6) is 0 Å². The number of benzene rings is 11. The van der Waals surface area contributed by atoms with Crippen molar-refractivity contribution in [3.8, 4) is 61.3 Å². The zero-order valence-corrected chi connectivity index (χ0v) is 37.7. The van der Waals surface area contributed by atoms with Gasteiger partial charge < -0.3 is 13.9 Å². The fourth-order valence-electron chi connectivity index (χ4n) is 10.2. The third-order valence-corrected chi connectivity index (χ3v) is 13.6. The molecule has 324 valence electrons. The summed E-state index contributed by atoms with van der Waals surface area (Å²) in [7, 11) is 0. The van der Waals surface area contributed by atoms with E-state index < -0.39 is 0 Å². The van der Waals surface area contributed by atoms with E-state index in [1.165, 1.54) is 38.5 Å². The molecule has 3 heteroatoms. The predicted molar refractivity (Wildman–Crippen MR) is 290 cm³/mol. The molecule has 69 heavy (non-hydrogen) atoms. The van der Waals surface area contributed by atoms with Crippen LogP contribution in [0.15, 0.2) is 271 Å². The van der Waals surface area contributed by atoms with Gasteiger partial charge in [-0.25, -0.2) is 0 Å². The highest BCUT2D eigenvalue weighted by Crippen LogP contribution is 2.41. The van der Waals surface area contributed by atoms with E-state index in [1.807, 2.05) is 12.1 Å². The summed E-state index contributed by atoms with van der Waals surface area (Å²) < 4.78 is 8.80. The maximum Gasteiger partial charge on any atom is 0.143 e. The predicted octanol–water partition coefficient (Wildman–Crippen LogP) is 18.5. The monoisotopic (exact) mass is 880 g/mol. The van der Waals surface area contributed by atoms with E-state index in [4.69, 9.17) is 4.42 Å². The zero-order valence-electron chi connectivity index (χ0n) is 37.7. The van der Waals surface area contributed by atoms with Crippen LogP contribution >= 0.6 is 0 Å². The molecule has 0 amide bonds. The van der Waals surface area contributed by atoms with Crippen LogP contribution in [0.1, 0.15) is 0 Å². The van der Waals surface area contributed by atoms with Crippen LogP contribution in [0.25, 0.3) is 105 Å². The SMILES string of the molecule is c1ccc(-c2ccc(N(c3ccc(-c4cccc(-c5cccc(-c6cccc7c6oc6ccccc67)c5)c4)cc3)c3ccc(-c4cccc(-n5c6ccccc6c6ccccc65)c4)cc3)cc2)cc1. The molecule has 3 nitrogen and oxygen atoms in total. The van der Waals surface area contributed by atoms with E-state index in [9.17, 15) is 0 Å². The molecule has 13 aromatic rings. The van der Waals surface area contributed by atoms with Gasteiger partial charge in [-0.15, -0.1) is 0 Å². The summed E-state index contributed by atoms with van der Waals surface area (Å²) in [6, 6.07) is 96.0. The molecule has 0 saturated carbocycles. The fraction of sp³-hybridized carbons (Fsp3) is 0. The first kappa shape index (κ1) is 40.1. The van der Waals surface area contributed by atoms with Crippen LogP contribution in [-0.2, 0) is 0 Å². The minimum atomic E-state index is 0.908. The molecule has 11 aromatic carbocycles. The van der Waals surface area contributed by atoms with Crippen molar-refractivity contribution in [3.63, 3.8) is 0 Å². The molecule has 0 spiro atoms. The van der Waals surface area contributed by atoms with Crippen LogP contribution in [0.3, 0.4) is 0 Å². The van der Waals surface area contributed by atoms with Gasteiger partial charge in [-0.1, -0.05) is 188 Å². The van der Waals surface area contributed by atoms with Crippen molar-refractivity contribution in [2.75, 3.05) is 4.90 Å². The summed E-state index contributed by atoms with van der Waals surface area (Å²) in [6.07, 6.45) is 0. The molecule has 0 aliphatic rings. The molecule has 2 heterocycles. The van der Waals surface area contributed by atoms with Crippen molar-refractivity contribution in [1.29, 1.82) is 0 Å². The molecule has 0 aliphatic carbocycles. The Bertz CT molecular complexity index is 3940. The van der Waals surface area contributed by atoms with Crippen LogP contribution in [0, 0.1) is 0 Å². The molecule has 0 radical (unpaired) electrons. The highest BCUT2D eigenvalue weighted by atomic mass is 16.3. The Labute approximate surface area is 401 Å². The Hall–Kier alpha value is -9.18. The van der Waals surface area contributed by atoms with Crippen molar-refractivity contribution in [2.24, 2.45) is 0 Å². The van der Waals surface area contributed by atoms with E-state index in [2.05, 4.69) is 264 Å². The molecule has 0 bridgehead atoms. The maximum absolute atomic E-state index is 6.42. The Morgan fingerprint density at radius 1 is 0.275 bits per heavy atom.